The predicted octanol–water partition coefficient (Wildman–Crippen LogP) is -0.394. The number of amides is 3. The van der Waals surface area contributed by atoms with E-state index < -0.39 is 23.8 Å². The highest BCUT2D eigenvalue weighted by Crippen LogP contribution is 2.12. The largest absolute Gasteiger partial charge is 0.368 e. The molecule has 8 nitrogen and oxygen atoms in total. The first kappa shape index (κ1) is 17.4. The molecule has 1 rings (SSSR count). The molecule has 1 atom stereocenters. The van der Waals surface area contributed by atoms with E-state index in [4.69, 9.17) is 11.5 Å². The second-order valence-electron chi connectivity index (χ2n) is 5.13. The lowest BCUT2D eigenvalue weighted by Gasteiger charge is -2.16. The topological polar surface area (TPSA) is 133 Å². The Labute approximate surface area is 128 Å². The average Bonchev–Trinajstić information content (AvgIpc) is 2.87. The zero-order valence-corrected chi connectivity index (χ0v) is 12.9. The molecule has 1 aromatic rings. The number of nitrogens with one attached hydrogen (secondary N) is 1. The first-order chi connectivity index (χ1) is 10.2. The summed E-state index contributed by atoms with van der Waals surface area (Å²) in [7, 11) is 1.67. The van der Waals surface area contributed by atoms with Crippen molar-refractivity contribution in [2.45, 2.75) is 32.7 Å². The number of rotatable bonds is 7. The lowest BCUT2D eigenvalue weighted by Crippen LogP contribution is -2.44. The summed E-state index contributed by atoms with van der Waals surface area (Å²) in [6.45, 7) is 3.37. The number of primary amides is 2. The van der Waals surface area contributed by atoms with Crippen LogP contribution in [0, 0.1) is 0 Å². The van der Waals surface area contributed by atoms with Gasteiger partial charge in [-0.2, -0.15) is 0 Å². The first-order valence-corrected chi connectivity index (χ1v) is 6.76. The van der Waals surface area contributed by atoms with Gasteiger partial charge in [-0.15, -0.1) is 0 Å². The number of aryl methyl sites for hydroxylation is 1. The Morgan fingerprint density at radius 1 is 1.32 bits per heavy atom. The Morgan fingerprint density at radius 3 is 2.41 bits per heavy atom. The zero-order valence-electron chi connectivity index (χ0n) is 12.9. The number of carbonyl (C=O) groups excluding carboxylic acids is 3. The Hall–Kier alpha value is -2.64. The number of carbonyl (C=O) groups is 3. The van der Waals surface area contributed by atoms with Gasteiger partial charge < -0.3 is 21.4 Å². The van der Waals surface area contributed by atoms with Crippen LogP contribution in [0.4, 0.5) is 0 Å². The lowest BCUT2D eigenvalue weighted by molar-refractivity contribution is -0.120. The van der Waals surface area contributed by atoms with E-state index in [9.17, 15) is 14.4 Å². The number of hydrogen-bond acceptors (Lipinski definition) is 4. The lowest BCUT2D eigenvalue weighted by atomic mass is 10.0. The molecule has 3 amide bonds. The third-order valence-corrected chi connectivity index (χ3v) is 3.52. The monoisotopic (exact) mass is 307 g/mol. The van der Waals surface area contributed by atoms with Crippen LogP contribution in [0.2, 0.25) is 0 Å². The molecule has 0 radical (unpaired) electrons. The highest BCUT2D eigenvalue weighted by Gasteiger charge is 2.20. The SMILES string of the molecule is CC(CCC(NC(=O)c1cncn1C)C(N)=O)=C(C)C(N)=O. The molecule has 22 heavy (non-hydrogen) atoms. The normalized spacial score (nSPS) is 13.2. The molecular weight excluding hydrogens is 286 g/mol. The van der Waals surface area contributed by atoms with Gasteiger partial charge in [-0.25, -0.2) is 4.98 Å². The van der Waals surface area contributed by atoms with Gasteiger partial charge in [0.15, 0.2) is 0 Å². The van der Waals surface area contributed by atoms with Crippen molar-refractivity contribution in [3.63, 3.8) is 0 Å². The smallest absolute Gasteiger partial charge is 0.270 e. The van der Waals surface area contributed by atoms with Crippen molar-refractivity contribution < 1.29 is 14.4 Å². The summed E-state index contributed by atoms with van der Waals surface area (Å²) in [6.07, 6.45) is 3.59. The van der Waals surface area contributed by atoms with Gasteiger partial charge in [-0.3, -0.25) is 14.4 Å². The molecule has 1 unspecified atom stereocenters. The number of nitrogens with two attached hydrogens (primary N) is 2. The van der Waals surface area contributed by atoms with Crippen LogP contribution in [0.3, 0.4) is 0 Å². The number of allylic oxidation sites excluding steroid dienone is 1. The van der Waals surface area contributed by atoms with Crippen LogP contribution in [-0.4, -0.2) is 33.3 Å². The summed E-state index contributed by atoms with van der Waals surface area (Å²) < 4.78 is 1.54. The number of nitrogens with zero attached hydrogens (tertiary/aromatic N) is 2. The Bertz CT molecular complexity index is 618. The average molecular weight is 307 g/mol. The predicted molar refractivity (Wildman–Crippen MR) is 80.5 cm³/mol. The van der Waals surface area contributed by atoms with Gasteiger partial charge in [0.25, 0.3) is 5.91 Å². The van der Waals surface area contributed by atoms with Crippen molar-refractivity contribution >= 4 is 17.7 Å². The van der Waals surface area contributed by atoms with Crippen molar-refractivity contribution in [2.75, 3.05) is 0 Å². The fraction of sp³-hybridized carbons (Fsp3) is 0.429. The summed E-state index contributed by atoms with van der Waals surface area (Å²) in [4.78, 5) is 38.5. The Balaban J connectivity index is 2.74. The van der Waals surface area contributed by atoms with Crippen molar-refractivity contribution in [1.82, 2.24) is 14.9 Å². The zero-order chi connectivity index (χ0) is 16.9. The van der Waals surface area contributed by atoms with E-state index >= 15 is 0 Å². The summed E-state index contributed by atoms with van der Waals surface area (Å²) in [5.74, 6) is -1.58. The van der Waals surface area contributed by atoms with Crippen molar-refractivity contribution in [1.29, 1.82) is 0 Å². The van der Waals surface area contributed by atoms with Crippen LogP contribution in [0.1, 0.15) is 37.2 Å². The maximum absolute atomic E-state index is 12.1. The maximum atomic E-state index is 12.1. The third-order valence-electron chi connectivity index (χ3n) is 3.52. The highest BCUT2D eigenvalue weighted by atomic mass is 16.2. The molecule has 1 heterocycles. The van der Waals surface area contributed by atoms with E-state index in [1.807, 2.05) is 0 Å². The summed E-state index contributed by atoms with van der Waals surface area (Å²) >= 11 is 0. The van der Waals surface area contributed by atoms with Crippen LogP contribution in [0.5, 0.6) is 0 Å². The molecule has 0 spiro atoms. The molecule has 0 saturated carbocycles. The number of imidazole rings is 1. The van der Waals surface area contributed by atoms with Gasteiger partial charge in [0.2, 0.25) is 11.8 Å². The van der Waals surface area contributed by atoms with Crippen LogP contribution < -0.4 is 16.8 Å². The van der Waals surface area contributed by atoms with Gasteiger partial charge in [-0.1, -0.05) is 5.57 Å². The first-order valence-electron chi connectivity index (χ1n) is 6.76. The van der Waals surface area contributed by atoms with Gasteiger partial charge in [0, 0.05) is 12.6 Å². The molecule has 5 N–H and O–H groups in total. The van der Waals surface area contributed by atoms with Crippen LogP contribution in [0.15, 0.2) is 23.7 Å². The third kappa shape index (κ3) is 4.44. The molecule has 0 bridgehead atoms. The highest BCUT2D eigenvalue weighted by molar-refractivity contribution is 5.96. The van der Waals surface area contributed by atoms with Crippen molar-refractivity contribution in [3.8, 4) is 0 Å². The molecule has 120 valence electrons. The number of hydrogen-bond donors (Lipinski definition) is 3. The molecule has 1 aromatic heterocycles. The van der Waals surface area contributed by atoms with E-state index in [2.05, 4.69) is 10.3 Å². The summed E-state index contributed by atoms with van der Waals surface area (Å²) in [6, 6.07) is -0.835. The Morgan fingerprint density at radius 2 is 1.95 bits per heavy atom. The van der Waals surface area contributed by atoms with Crippen LogP contribution >= 0.6 is 0 Å². The molecule has 8 heteroatoms. The van der Waals surface area contributed by atoms with Crippen LogP contribution in [0.25, 0.3) is 0 Å². The molecule has 0 saturated heterocycles. The van der Waals surface area contributed by atoms with Crippen LogP contribution in [-0.2, 0) is 16.6 Å². The second-order valence-corrected chi connectivity index (χ2v) is 5.13. The molecule has 0 aliphatic rings. The van der Waals surface area contributed by atoms with E-state index in [1.54, 1.807) is 20.9 Å². The summed E-state index contributed by atoms with van der Waals surface area (Å²) in [5.41, 5.74) is 12.0. The second kappa shape index (κ2) is 7.39. The molecule has 0 aromatic carbocycles. The van der Waals surface area contributed by atoms with Gasteiger partial charge >= 0.3 is 0 Å². The minimum Gasteiger partial charge on any atom is -0.368 e. The van der Waals surface area contributed by atoms with Gasteiger partial charge in [-0.05, 0) is 26.7 Å². The number of aromatic nitrogens is 2. The standard InChI is InChI=1S/C14H21N5O3/c1-8(9(2)12(15)20)4-5-10(13(16)21)18-14(22)11-6-17-7-19(11)3/h6-7,10H,4-5H2,1-3H3,(H2,15,20)(H2,16,21)(H,18,22). The maximum Gasteiger partial charge on any atom is 0.270 e. The quantitative estimate of drug-likeness (QED) is 0.591. The van der Waals surface area contributed by atoms with Crippen molar-refractivity contribution in [3.05, 3.63) is 29.4 Å². The summed E-state index contributed by atoms with van der Waals surface area (Å²) in [5, 5.41) is 2.57. The van der Waals surface area contributed by atoms with E-state index in [0.29, 0.717) is 17.7 Å². The molecule has 0 fully saturated rings. The Kier molecular flexibility index (Phi) is 5.85. The van der Waals surface area contributed by atoms with E-state index in [1.165, 1.54) is 17.1 Å². The minimum atomic E-state index is -0.835. The molecule has 0 aliphatic heterocycles. The molecule has 0 aliphatic carbocycles. The van der Waals surface area contributed by atoms with Crippen molar-refractivity contribution in [2.24, 2.45) is 18.5 Å². The molecular formula is C14H21N5O3. The van der Waals surface area contributed by atoms with Gasteiger partial charge in [0.1, 0.15) is 11.7 Å². The van der Waals surface area contributed by atoms with E-state index in [-0.39, 0.29) is 6.42 Å². The minimum absolute atomic E-state index is 0.287. The fourth-order valence-corrected chi connectivity index (χ4v) is 1.85. The van der Waals surface area contributed by atoms with Gasteiger partial charge in [0.05, 0.1) is 12.5 Å². The fourth-order valence-electron chi connectivity index (χ4n) is 1.85. The van der Waals surface area contributed by atoms with E-state index in [0.717, 1.165) is 5.57 Å².